The Morgan fingerprint density at radius 2 is 1.95 bits per heavy atom. The number of carbonyl (C=O) groups excluding carboxylic acids is 1. The first kappa shape index (κ1) is 16.4. The molecule has 4 heteroatoms. The molecule has 2 aromatic rings. The van der Waals surface area contributed by atoms with Gasteiger partial charge in [-0.3, -0.25) is 4.79 Å². The van der Waals surface area contributed by atoms with Crippen molar-refractivity contribution in [1.82, 2.24) is 0 Å². The van der Waals surface area contributed by atoms with E-state index in [2.05, 4.69) is 34.5 Å². The maximum absolute atomic E-state index is 12.3. The van der Waals surface area contributed by atoms with E-state index in [0.29, 0.717) is 6.54 Å². The largest absolute Gasteiger partial charge is 1.00 e. The van der Waals surface area contributed by atoms with Crippen molar-refractivity contribution in [3.05, 3.63) is 59.2 Å². The minimum Gasteiger partial charge on any atom is -1.00 e. The molecule has 0 saturated carbocycles. The third-order valence-electron chi connectivity index (χ3n) is 3.98. The van der Waals surface area contributed by atoms with E-state index in [9.17, 15) is 4.79 Å². The van der Waals surface area contributed by atoms with E-state index < -0.39 is 0 Å². The van der Waals surface area contributed by atoms with Crippen LogP contribution in [0.2, 0.25) is 0 Å². The summed E-state index contributed by atoms with van der Waals surface area (Å²) >= 11 is 0. The summed E-state index contributed by atoms with van der Waals surface area (Å²) in [4.78, 5) is 14.4. The smallest absolute Gasteiger partial charge is 0.243 e. The van der Waals surface area contributed by atoms with Crippen molar-refractivity contribution in [3.63, 3.8) is 0 Å². The lowest BCUT2D eigenvalue weighted by Gasteiger charge is -2.19. The maximum atomic E-state index is 12.3. The van der Waals surface area contributed by atoms with Gasteiger partial charge in [-0.25, -0.2) is 0 Å². The molecule has 1 aliphatic heterocycles. The number of nitrogens with one attached hydrogen (secondary N) is 1. The van der Waals surface area contributed by atoms with E-state index in [0.717, 1.165) is 29.8 Å². The van der Waals surface area contributed by atoms with Gasteiger partial charge in [-0.05, 0) is 49.1 Å². The molecule has 0 atom stereocenters. The van der Waals surface area contributed by atoms with Gasteiger partial charge in [-0.15, -0.1) is 0 Å². The Balaban J connectivity index is 0.00000176. The van der Waals surface area contributed by atoms with Gasteiger partial charge in [0.2, 0.25) is 5.91 Å². The first-order chi connectivity index (χ1) is 10.1. The molecule has 0 unspecified atom stereocenters. The van der Waals surface area contributed by atoms with Gasteiger partial charge in [0.15, 0.2) is 0 Å². The molecule has 0 aliphatic carbocycles. The van der Waals surface area contributed by atoms with Crippen LogP contribution in [0, 0.1) is 13.8 Å². The second-order valence-corrected chi connectivity index (χ2v) is 5.67. The lowest BCUT2D eigenvalue weighted by atomic mass is 10.1. The summed E-state index contributed by atoms with van der Waals surface area (Å²) in [6.45, 7) is 5.37. The van der Waals surface area contributed by atoms with Crippen LogP contribution in [0.3, 0.4) is 0 Å². The van der Waals surface area contributed by atoms with Crippen LogP contribution in [0.4, 0.5) is 11.4 Å². The van der Waals surface area contributed by atoms with Gasteiger partial charge in [0.1, 0.15) is 0 Å². The number of aryl methyl sites for hydroxylation is 2. The SMILES string of the molecule is Cc1ccc(C)c(NC(=O)CN2CCc3ccccc32)c1.[Cl-]. The molecule has 1 heterocycles. The van der Waals surface area contributed by atoms with Crippen molar-refractivity contribution in [3.8, 4) is 0 Å². The molecular weight excluding hydrogens is 296 g/mol. The summed E-state index contributed by atoms with van der Waals surface area (Å²) in [5, 5.41) is 3.03. The van der Waals surface area contributed by atoms with Crippen molar-refractivity contribution in [1.29, 1.82) is 0 Å². The van der Waals surface area contributed by atoms with Crippen LogP contribution in [-0.4, -0.2) is 19.0 Å². The van der Waals surface area contributed by atoms with Crippen LogP contribution < -0.4 is 22.6 Å². The van der Waals surface area contributed by atoms with Gasteiger partial charge in [0, 0.05) is 17.9 Å². The van der Waals surface area contributed by atoms with E-state index >= 15 is 0 Å². The molecule has 3 nitrogen and oxygen atoms in total. The molecule has 0 fully saturated rings. The monoisotopic (exact) mass is 315 g/mol. The quantitative estimate of drug-likeness (QED) is 0.884. The molecule has 3 rings (SSSR count). The Labute approximate surface area is 137 Å². The number of halogens is 1. The number of para-hydroxylation sites is 1. The zero-order chi connectivity index (χ0) is 14.8. The lowest BCUT2D eigenvalue weighted by Crippen LogP contribution is -3.00. The maximum Gasteiger partial charge on any atom is 0.243 e. The van der Waals surface area contributed by atoms with Gasteiger partial charge in [0.05, 0.1) is 6.54 Å². The van der Waals surface area contributed by atoms with Gasteiger partial charge >= 0.3 is 0 Å². The highest BCUT2D eigenvalue weighted by Gasteiger charge is 2.20. The van der Waals surface area contributed by atoms with Gasteiger partial charge in [-0.2, -0.15) is 0 Å². The molecule has 0 radical (unpaired) electrons. The second kappa shape index (κ2) is 6.84. The van der Waals surface area contributed by atoms with Gasteiger partial charge < -0.3 is 22.6 Å². The van der Waals surface area contributed by atoms with Crippen LogP contribution >= 0.6 is 0 Å². The Bertz CT molecular complexity index is 685. The number of anilines is 2. The highest BCUT2D eigenvalue weighted by atomic mass is 35.5. The van der Waals surface area contributed by atoms with E-state index in [1.807, 2.05) is 32.0 Å². The number of rotatable bonds is 3. The number of nitrogens with zero attached hydrogens (tertiary/aromatic N) is 1. The average Bonchev–Trinajstić information content (AvgIpc) is 2.86. The minimum absolute atomic E-state index is 0. The van der Waals surface area contributed by atoms with E-state index in [4.69, 9.17) is 0 Å². The Hall–Kier alpha value is -2.00. The van der Waals surface area contributed by atoms with Crippen molar-refractivity contribution in [2.45, 2.75) is 20.3 Å². The summed E-state index contributed by atoms with van der Waals surface area (Å²) in [6.07, 6.45) is 1.02. The number of carbonyl (C=O) groups is 1. The molecule has 1 amide bonds. The predicted molar refractivity (Wildman–Crippen MR) is 86.9 cm³/mol. The van der Waals surface area contributed by atoms with Crippen LogP contribution in [0.1, 0.15) is 16.7 Å². The lowest BCUT2D eigenvalue weighted by molar-refractivity contribution is -0.115. The number of hydrogen-bond acceptors (Lipinski definition) is 2. The Morgan fingerprint density at radius 3 is 2.77 bits per heavy atom. The summed E-state index contributed by atoms with van der Waals surface area (Å²) in [7, 11) is 0. The zero-order valence-electron chi connectivity index (χ0n) is 12.9. The van der Waals surface area contributed by atoms with Crippen molar-refractivity contribution in [2.75, 3.05) is 23.3 Å². The first-order valence-electron chi connectivity index (χ1n) is 7.33. The molecule has 22 heavy (non-hydrogen) atoms. The fraction of sp³-hybridized carbons (Fsp3) is 0.278. The average molecular weight is 316 g/mol. The van der Waals surface area contributed by atoms with Crippen molar-refractivity contribution < 1.29 is 17.2 Å². The summed E-state index contributed by atoms with van der Waals surface area (Å²) in [5.74, 6) is 0.0420. The highest BCUT2D eigenvalue weighted by Crippen LogP contribution is 2.27. The van der Waals surface area contributed by atoms with Crippen LogP contribution in [0.5, 0.6) is 0 Å². The molecule has 116 valence electrons. The second-order valence-electron chi connectivity index (χ2n) is 5.67. The molecule has 2 aromatic carbocycles. The first-order valence-corrected chi connectivity index (χ1v) is 7.33. The molecule has 0 aromatic heterocycles. The number of hydrogen-bond donors (Lipinski definition) is 1. The molecular formula is C18H20ClN2O-. The third-order valence-corrected chi connectivity index (χ3v) is 3.98. The van der Waals surface area contributed by atoms with Crippen molar-refractivity contribution >= 4 is 17.3 Å². The van der Waals surface area contributed by atoms with E-state index in [1.165, 1.54) is 11.3 Å². The molecule has 1 aliphatic rings. The highest BCUT2D eigenvalue weighted by molar-refractivity contribution is 5.95. The summed E-state index contributed by atoms with van der Waals surface area (Å²) in [5.41, 5.74) is 5.68. The van der Waals surface area contributed by atoms with Crippen LogP contribution in [0.15, 0.2) is 42.5 Å². The van der Waals surface area contributed by atoms with Crippen LogP contribution in [0.25, 0.3) is 0 Å². The fourth-order valence-electron chi connectivity index (χ4n) is 2.80. The van der Waals surface area contributed by atoms with Crippen molar-refractivity contribution in [2.24, 2.45) is 0 Å². The fourth-order valence-corrected chi connectivity index (χ4v) is 2.80. The number of benzene rings is 2. The van der Waals surface area contributed by atoms with Crippen LogP contribution in [-0.2, 0) is 11.2 Å². The normalized spacial score (nSPS) is 12.5. The number of fused-ring (bicyclic) bond motifs is 1. The standard InChI is InChI=1S/C18H20N2O.ClH/c1-13-7-8-14(2)16(11-13)19-18(21)12-20-10-9-15-5-3-4-6-17(15)20;/h3-8,11H,9-10,12H2,1-2H3,(H,19,21);1H/p-1. The number of amides is 1. The van der Waals surface area contributed by atoms with E-state index in [-0.39, 0.29) is 18.3 Å². The predicted octanol–water partition coefficient (Wildman–Crippen LogP) is 0.309. The topological polar surface area (TPSA) is 32.3 Å². The zero-order valence-corrected chi connectivity index (χ0v) is 13.7. The van der Waals surface area contributed by atoms with Gasteiger partial charge in [0.25, 0.3) is 0 Å². The molecule has 0 bridgehead atoms. The van der Waals surface area contributed by atoms with Gasteiger partial charge in [-0.1, -0.05) is 30.3 Å². The molecule has 0 saturated heterocycles. The Morgan fingerprint density at radius 1 is 1.18 bits per heavy atom. The third kappa shape index (κ3) is 3.42. The summed E-state index contributed by atoms with van der Waals surface area (Å²) < 4.78 is 0. The minimum atomic E-state index is 0. The molecule has 1 N–H and O–H groups in total. The van der Waals surface area contributed by atoms with E-state index in [1.54, 1.807) is 0 Å². The molecule has 0 spiro atoms. The summed E-state index contributed by atoms with van der Waals surface area (Å²) in [6, 6.07) is 14.4. The Kier molecular flexibility index (Phi) is 5.09.